The molecule has 1 aromatic heterocycles. The van der Waals surface area contributed by atoms with Crippen molar-refractivity contribution in [3.8, 4) is 5.75 Å². The predicted molar refractivity (Wildman–Crippen MR) is 69.1 cm³/mol. The van der Waals surface area contributed by atoms with Crippen LogP contribution in [0.4, 0.5) is 5.69 Å². The minimum atomic E-state index is -3.28. The van der Waals surface area contributed by atoms with Crippen LogP contribution in [0.3, 0.4) is 0 Å². The Morgan fingerprint density at radius 1 is 1.50 bits per heavy atom. The van der Waals surface area contributed by atoms with E-state index in [9.17, 15) is 8.42 Å². The summed E-state index contributed by atoms with van der Waals surface area (Å²) in [5.41, 5.74) is 0.459. The maximum absolute atomic E-state index is 11.1. The second-order valence-electron chi connectivity index (χ2n) is 3.69. The van der Waals surface area contributed by atoms with Crippen LogP contribution in [0.25, 0.3) is 0 Å². The molecule has 0 aromatic carbocycles. The van der Waals surface area contributed by atoms with Gasteiger partial charge in [0.05, 0.1) is 34.0 Å². The number of anilines is 1. The second kappa shape index (κ2) is 4.36. The Morgan fingerprint density at radius 2 is 2.19 bits per heavy atom. The van der Waals surface area contributed by atoms with Gasteiger partial charge in [-0.1, -0.05) is 0 Å². The highest BCUT2D eigenvalue weighted by Gasteiger charge is 2.25. The number of nitrogens with zero attached hydrogens (tertiary/aromatic N) is 1. The molecule has 0 atom stereocenters. The van der Waals surface area contributed by atoms with Crippen molar-refractivity contribution in [2.24, 2.45) is 0 Å². The Hall–Kier alpha value is -0.570. The van der Waals surface area contributed by atoms with E-state index in [1.807, 2.05) is 0 Å². The van der Waals surface area contributed by atoms with Crippen molar-refractivity contribution in [2.45, 2.75) is 18.9 Å². The standard InChI is InChI=1S/C9H11IN2O3S/c1-16(13,14)12-7-4-11-5-8(9(7)10)15-6-2-3-6/h4-6,12H,2-3H2,1H3. The molecule has 7 heteroatoms. The van der Waals surface area contributed by atoms with Gasteiger partial charge in [0.2, 0.25) is 10.0 Å². The Balaban J connectivity index is 2.24. The summed E-state index contributed by atoms with van der Waals surface area (Å²) < 4.78 is 31.0. The lowest BCUT2D eigenvalue weighted by molar-refractivity contribution is 0.300. The average Bonchev–Trinajstić information content (AvgIpc) is 2.93. The molecule has 1 saturated carbocycles. The zero-order valence-corrected chi connectivity index (χ0v) is 11.6. The van der Waals surface area contributed by atoms with E-state index in [2.05, 4.69) is 32.3 Å². The van der Waals surface area contributed by atoms with Crippen LogP contribution in [0.5, 0.6) is 5.75 Å². The van der Waals surface area contributed by atoms with Crippen molar-refractivity contribution < 1.29 is 13.2 Å². The van der Waals surface area contributed by atoms with E-state index >= 15 is 0 Å². The van der Waals surface area contributed by atoms with Crippen LogP contribution in [0.15, 0.2) is 12.4 Å². The van der Waals surface area contributed by atoms with E-state index in [0.717, 1.165) is 22.7 Å². The number of aromatic nitrogens is 1. The average molecular weight is 354 g/mol. The molecule has 5 nitrogen and oxygen atoms in total. The Kier molecular flexibility index (Phi) is 3.24. The summed E-state index contributed by atoms with van der Waals surface area (Å²) in [4.78, 5) is 3.95. The molecule has 16 heavy (non-hydrogen) atoms. The summed E-state index contributed by atoms with van der Waals surface area (Å²) in [7, 11) is -3.28. The first-order valence-electron chi connectivity index (χ1n) is 4.73. The first kappa shape index (κ1) is 11.9. The summed E-state index contributed by atoms with van der Waals surface area (Å²) in [6.07, 6.45) is 6.57. The molecular weight excluding hydrogens is 343 g/mol. The van der Waals surface area contributed by atoms with E-state index in [-0.39, 0.29) is 6.10 Å². The number of hydrogen-bond donors (Lipinski definition) is 1. The molecule has 1 N–H and O–H groups in total. The summed E-state index contributed by atoms with van der Waals surface area (Å²) in [5, 5.41) is 0. The number of ether oxygens (including phenoxy) is 1. The van der Waals surface area contributed by atoms with Crippen LogP contribution in [0.2, 0.25) is 0 Å². The molecule has 0 unspecified atom stereocenters. The lowest BCUT2D eigenvalue weighted by Crippen LogP contribution is -2.11. The summed E-state index contributed by atoms with van der Waals surface area (Å²) in [5.74, 6) is 0.636. The fourth-order valence-corrected chi connectivity index (χ4v) is 2.42. The van der Waals surface area contributed by atoms with E-state index in [0.29, 0.717) is 11.4 Å². The number of rotatable bonds is 4. The van der Waals surface area contributed by atoms with Crippen LogP contribution < -0.4 is 9.46 Å². The molecule has 0 aliphatic heterocycles. The third kappa shape index (κ3) is 3.21. The van der Waals surface area contributed by atoms with E-state index < -0.39 is 10.0 Å². The summed E-state index contributed by atoms with van der Waals surface area (Å²) in [6, 6.07) is 0. The third-order valence-corrected chi connectivity index (χ3v) is 3.66. The molecule has 1 aromatic rings. The minimum Gasteiger partial charge on any atom is -0.488 e. The van der Waals surface area contributed by atoms with Gasteiger partial charge >= 0.3 is 0 Å². The molecule has 0 amide bonds. The summed E-state index contributed by atoms with van der Waals surface area (Å²) >= 11 is 2.05. The van der Waals surface area contributed by atoms with Gasteiger partial charge in [0.25, 0.3) is 0 Å². The van der Waals surface area contributed by atoms with E-state index in [1.54, 1.807) is 6.20 Å². The zero-order chi connectivity index (χ0) is 11.8. The van der Waals surface area contributed by atoms with Crippen molar-refractivity contribution in [3.63, 3.8) is 0 Å². The van der Waals surface area contributed by atoms with Crippen LogP contribution in [0, 0.1) is 3.57 Å². The van der Waals surface area contributed by atoms with Crippen molar-refractivity contribution in [1.82, 2.24) is 4.98 Å². The summed E-state index contributed by atoms with van der Waals surface area (Å²) in [6.45, 7) is 0. The van der Waals surface area contributed by atoms with Crippen molar-refractivity contribution >= 4 is 38.3 Å². The Labute approximate surface area is 108 Å². The number of sulfonamides is 1. The molecule has 0 saturated heterocycles. The third-order valence-electron chi connectivity index (χ3n) is 1.96. The van der Waals surface area contributed by atoms with Crippen LogP contribution in [-0.2, 0) is 10.0 Å². The number of hydrogen-bond acceptors (Lipinski definition) is 4. The largest absolute Gasteiger partial charge is 0.488 e. The van der Waals surface area contributed by atoms with Crippen LogP contribution in [-0.4, -0.2) is 25.8 Å². The van der Waals surface area contributed by atoms with Gasteiger partial charge in [-0.15, -0.1) is 0 Å². The van der Waals surface area contributed by atoms with E-state index in [4.69, 9.17) is 4.74 Å². The predicted octanol–water partition coefficient (Wildman–Crippen LogP) is 1.60. The van der Waals surface area contributed by atoms with Gasteiger partial charge in [0.15, 0.2) is 5.75 Å². The monoisotopic (exact) mass is 354 g/mol. The Morgan fingerprint density at radius 3 is 2.75 bits per heavy atom. The molecule has 88 valence electrons. The van der Waals surface area contributed by atoms with Gasteiger partial charge in [0.1, 0.15) is 0 Å². The topological polar surface area (TPSA) is 68.3 Å². The van der Waals surface area contributed by atoms with Crippen molar-refractivity contribution in [1.29, 1.82) is 0 Å². The van der Waals surface area contributed by atoms with Gasteiger partial charge < -0.3 is 4.74 Å². The minimum absolute atomic E-state index is 0.267. The van der Waals surface area contributed by atoms with Gasteiger partial charge in [-0.3, -0.25) is 9.71 Å². The Bertz CT molecular complexity index is 499. The molecular formula is C9H11IN2O3S. The fraction of sp³-hybridized carbons (Fsp3) is 0.444. The molecule has 0 bridgehead atoms. The smallest absolute Gasteiger partial charge is 0.229 e. The number of pyridine rings is 1. The van der Waals surface area contributed by atoms with Gasteiger partial charge in [-0.2, -0.15) is 0 Å². The van der Waals surface area contributed by atoms with Gasteiger partial charge in [-0.05, 0) is 35.4 Å². The highest BCUT2D eigenvalue weighted by atomic mass is 127. The van der Waals surface area contributed by atoms with Gasteiger partial charge in [0, 0.05) is 0 Å². The first-order chi connectivity index (χ1) is 7.46. The fourth-order valence-electron chi connectivity index (χ4n) is 1.14. The maximum Gasteiger partial charge on any atom is 0.229 e. The maximum atomic E-state index is 11.1. The second-order valence-corrected chi connectivity index (χ2v) is 6.52. The van der Waals surface area contributed by atoms with Gasteiger partial charge in [-0.25, -0.2) is 8.42 Å². The number of halogens is 1. The highest BCUT2D eigenvalue weighted by molar-refractivity contribution is 14.1. The highest BCUT2D eigenvalue weighted by Crippen LogP contribution is 2.32. The van der Waals surface area contributed by atoms with E-state index in [1.165, 1.54) is 6.20 Å². The van der Waals surface area contributed by atoms with Crippen LogP contribution in [0.1, 0.15) is 12.8 Å². The van der Waals surface area contributed by atoms with Crippen LogP contribution >= 0.6 is 22.6 Å². The molecule has 1 heterocycles. The quantitative estimate of drug-likeness (QED) is 0.834. The molecule has 1 aliphatic carbocycles. The SMILES string of the molecule is CS(=O)(=O)Nc1cncc(OC2CC2)c1I. The molecule has 1 aliphatic rings. The lowest BCUT2D eigenvalue weighted by atomic mass is 10.4. The molecule has 2 rings (SSSR count). The lowest BCUT2D eigenvalue weighted by Gasteiger charge is -2.10. The molecule has 0 spiro atoms. The first-order valence-corrected chi connectivity index (χ1v) is 7.70. The van der Waals surface area contributed by atoms with Crippen molar-refractivity contribution in [3.05, 3.63) is 16.0 Å². The number of nitrogens with one attached hydrogen (secondary N) is 1. The zero-order valence-electron chi connectivity index (χ0n) is 8.60. The molecule has 0 radical (unpaired) electrons. The van der Waals surface area contributed by atoms with Crippen molar-refractivity contribution in [2.75, 3.05) is 11.0 Å². The normalized spacial score (nSPS) is 15.9. The molecule has 1 fully saturated rings.